The standard InChI is InChI=1S/C23H27N3O7/c1-29-18-4-6-19(7-5-18)32-15-22(27)25-24-14-17-3-8-20(21(13-17)30-2)33-16-23(28)26-9-11-31-12-10-26/h3-8,13-14H,9-12,15-16H2,1-2H3,(H,25,27)/b24-14+. The number of ether oxygens (including phenoxy) is 5. The summed E-state index contributed by atoms with van der Waals surface area (Å²) in [6, 6.07) is 12.0. The molecule has 0 bridgehead atoms. The lowest BCUT2D eigenvalue weighted by atomic mass is 10.2. The zero-order valence-electron chi connectivity index (χ0n) is 18.6. The lowest BCUT2D eigenvalue weighted by Crippen LogP contribution is -2.43. The molecular weight excluding hydrogens is 430 g/mol. The third-order valence-electron chi connectivity index (χ3n) is 4.73. The van der Waals surface area contributed by atoms with Gasteiger partial charge < -0.3 is 28.6 Å². The number of methoxy groups -OCH3 is 2. The Bertz CT molecular complexity index is 957. The van der Waals surface area contributed by atoms with Gasteiger partial charge in [0, 0.05) is 13.1 Å². The molecule has 10 nitrogen and oxygen atoms in total. The lowest BCUT2D eigenvalue weighted by molar-refractivity contribution is -0.137. The van der Waals surface area contributed by atoms with Crippen LogP contribution in [0.1, 0.15) is 5.56 Å². The fraction of sp³-hybridized carbons (Fsp3) is 0.348. The summed E-state index contributed by atoms with van der Waals surface area (Å²) >= 11 is 0. The van der Waals surface area contributed by atoms with Crippen molar-refractivity contribution < 1.29 is 33.3 Å². The van der Waals surface area contributed by atoms with Crippen LogP contribution in [0.2, 0.25) is 0 Å². The molecule has 0 unspecified atom stereocenters. The first-order valence-corrected chi connectivity index (χ1v) is 10.3. The SMILES string of the molecule is COc1ccc(OCC(=O)N/N=C/c2ccc(OCC(=O)N3CCOCC3)c(OC)c2)cc1. The number of carbonyl (C=O) groups excluding carboxylic acids is 2. The van der Waals surface area contributed by atoms with Crippen molar-refractivity contribution >= 4 is 18.0 Å². The van der Waals surface area contributed by atoms with Crippen molar-refractivity contribution in [2.24, 2.45) is 5.10 Å². The molecule has 0 aromatic heterocycles. The summed E-state index contributed by atoms with van der Waals surface area (Å²) in [6.45, 7) is 1.92. The van der Waals surface area contributed by atoms with E-state index in [-0.39, 0.29) is 19.1 Å². The predicted octanol–water partition coefficient (Wildman–Crippen LogP) is 1.47. The van der Waals surface area contributed by atoms with Gasteiger partial charge >= 0.3 is 0 Å². The van der Waals surface area contributed by atoms with Crippen LogP contribution in [0.25, 0.3) is 0 Å². The molecule has 10 heteroatoms. The van der Waals surface area contributed by atoms with Crippen molar-refractivity contribution in [1.29, 1.82) is 0 Å². The Labute approximate surface area is 192 Å². The van der Waals surface area contributed by atoms with Crippen molar-refractivity contribution in [3.63, 3.8) is 0 Å². The zero-order valence-corrected chi connectivity index (χ0v) is 18.6. The smallest absolute Gasteiger partial charge is 0.277 e. The molecule has 0 radical (unpaired) electrons. The molecular formula is C23H27N3O7. The van der Waals surface area contributed by atoms with Crippen molar-refractivity contribution in [3.05, 3.63) is 48.0 Å². The minimum absolute atomic E-state index is 0.0892. The minimum Gasteiger partial charge on any atom is -0.497 e. The van der Waals surface area contributed by atoms with Crippen molar-refractivity contribution in [3.8, 4) is 23.0 Å². The van der Waals surface area contributed by atoms with E-state index in [2.05, 4.69) is 10.5 Å². The molecule has 1 heterocycles. The molecule has 1 fully saturated rings. The summed E-state index contributed by atoms with van der Waals surface area (Å²) < 4.78 is 26.7. The van der Waals surface area contributed by atoms with Crippen LogP contribution in [0.4, 0.5) is 0 Å². The van der Waals surface area contributed by atoms with E-state index in [4.69, 9.17) is 23.7 Å². The van der Waals surface area contributed by atoms with Gasteiger partial charge in [0.15, 0.2) is 24.7 Å². The van der Waals surface area contributed by atoms with Crippen LogP contribution in [0.15, 0.2) is 47.6 Å². The summed E-state index contributed by atoms with van der Waals surface area (Å²) in [7, 11) is 3.08. The number of hydrazone groups is 1. The number of nitrogens with one attached hydrogen (secondary N) is 1. The Balaban J connectivity index is 1.46. The van der Waals surface area contributed by atoms with Gasteiger partial charge in [0.1, 0.15) is 11.5 Å². The summed E-state index contributed by atoms with van der Waals surface area (Å²) in [5, 5.41) is 3.93. The molecule has 1 aliphatic rings. The maximum Gasteiger partial charge on any atom is 0.277 e. The topological polar surface area (TPSA) is 108 Å². The van der Waals surface area contributed by atoms with Crippen LogP contribution in [-0.4, -0.2) is 76.7 Å². The Hall–Kier alpha value is -3.79. The molecule has 1 saturated heterocycles. The first-order valence-electron chi connectivity index (χ1n) is 10.3. The lowest BCUT2D eigenvalue weighted by Gasteiger charge is -2.26. The Morgan fingerprint density at radius 2 is 1.70 bits per heavy atom. The maximum atomic E-state index is 12.2. The van der Waals surface area contributed by atoms with E-state index in [1.54, 1.807) is 54.5 Å². The number of carbonyl (C=O) groups is 2. The number of amides is 2. The second-order valence-corrected chi connectivity index (χ2v) is 6.95. The average Bonchev–Trinajstić information content (AvgIpc) is 2.87. The van der Waals surface area contributed by atoms with Crippen molar-refractivity contribution in [2.75, 3.05) is 53.7 Å². The molecule has 176 valence electrons. The number of nitrogens with zero attached hydrogens (tertiary/aromatic N) is 2. The van der Waals surface area contributed by atoms with Gasteiger partial charge in [-0.15, -0.1) is 0 Å². The molecule has 2 aromatic rings. The van der Waals surface area contributed by atoms with E-state index in [1.807, 2.05) is 0 Å². The minimum atomic E-state index is -0.407. The molecule has 0 saturated carbocycles. The summed E-state index contributed by atoms with van der Waals surface area (Å²) in [6.07, 6.45) is 1.47. The Kier molecular flexibility index (Phi) is 8.89. The second kappa shape index (κ2) is 12.3. The van der Waals surface area contributed by atoms with Gasteiger partial charge in [-0.25, -0.2) is 5.43 Å². The van der Waals surface area contributed by atoms with E-state index in [0.717, 1.165) is 0 Å². The van der Waals surface area contributed by atoms with Gasteiger partial charge in [0.25, 0.3) is 11.8 Å². The van der Waals surface area contributed by atoms with E-state index < -0.39 is 5.91 Å². The molecule has 33 heavy (non-hydrogen) atoms. The molecule has 1 aliphatic heterocycles. The normalized spacial score (nSPS) is 13.5. The van der Waals surface area contributed by atoms with Crippen LogP contribution < -0.4 is 24.4 Å². The van der Waals surface area contributed by atoms with Crippen LogP contribution in [0.3, 0.4) is 0 Å². The first kappa shape index (κ1) is 23.9. The molecule has 3 rings (SSSR count). The molecule has 2 amide bonds. The largest absolute Gasteiger partial charge is 0.497 e. The maximum absolute atomic E-state index is 12.2. The van der Waals surface area contributed by atoms with E-state index in [0.29, 0.717) is 54.9 Å². The molecule has 0 atom stereocenters. The van der Waals surface area contributed by atoms with Crippen LogP contribution in [0, 0.1) is 0 Å². The molecule has 1 N–H and O–H groups in total. The monoisotopic (exact) mass is 457 g/mol. The van der Waals surface area contributed by atoms with Crippen LogP contribution >= 0.6 is 0 Å². The van der Waals surface area contributed by atoms with Gasteiger partial charge in [-0.1, -0.05) is 0 Å². The average molecular weight is 457 g/mol. The highest BCUT2D eigenvalue weighted by atomic mass is 16.5. The van der Waals surface area contributed by atoms with Gasteiger partial charge in [-0.2, -0.15) is 5.10 Å². The molecule has 2 aromatic carbocycles. The van der Waals surface area contributed by atoms with Gasteiger partial charge in [0.2, 0.25) is 0 Å². The van der Waals surface area contributed by atoms with Gasteiger partial charge in [-0.3, -0.25) is 9.59 Å². The third-order valence-corrected chi connectivity index (χ3v) is 4.73. The van der Waals surface area contributed by atoms with E-state index in [1.165, 1.54) is 13.3 Å². The number of hydrogen-bond donors (Lipinski definition) is 1. The number of rotatable bonds is 10. The van der Waals surface area contributed by atoms with Crippen molar-refractivity contribution in [1.82, 2.24) is 10.3 Å². The second-order valence-electron chi connectivity index (χ2n) is 6.95. The third kappa shape index (κ3) is 7.39. The van der Waals surface area contributed by atoms with Crippen LogP contribution in [-0.2, 0) is 14.3 Å². The van der Waals surface area contributed by atoms with Gasteiger partial charge in [-0.05, 0) is 48.0 Å². The number of hydrogen-bond acceptors (Lipinski definition) is 8. The molecule has 0 aliphatic carbocycles. The molecule has 0 spiro atoms. The highest BCUT2D eigenvalue weighted by molar-refractivity contribution is 5.84. The van der Waals surface area contributed by atoms with E-state index in [9.17, 15) is 9.59 Å². The van der Waals surface area contributed by atoms with Crippen LogP contribution in [0.5, 0.6) is 23.0 Å². The highest BCUT2D eigenvalue weighted by Crippen LogP contribution is 2.27. The number of benzene rings is 2. The first-order chi connectivity index (χ1) is 16.1. The Morgan fingerprint density at radius 1 is 0.970 bits per heavy atom. The predicted molar refractivity (Wildman–Crippen MR) is 120 cm³/mol. The fourth-order valence-corrected chi connectivity index (χ4v) is 2.96. The van der Waals surface area contributed by atoms with Gasteiger partial charge in [0.05, 0.1) is 33.6 Å². The number of morpholine rings is 1. The van der Waals surface area contributed by atoms with Crippen molar-refractivity contribution in [2.45, 2.75) is 0 Å². The highest BCUT2D eigenvalue weighted by Gasteiger charge is 2.18. The quantitative estimate of drug-likeness (QED) is 0.425. The summed E-state index contributed by atoms with van der Waals surface area (Å²) in [5.74, 6) is 1.62. The zero-order chi connectivity index (χ0) is 23.5. The summed E-state index contributed by atoms with van der Waals surface area (Å²) in [5.41, 5.74) is 3.08. The Morgan fingerprint density at radius 3 is 2.39 bits per heavy atom. The summed E-state index contributed by atoms with van der Waals surface area (Å²) in [4.78, 5) is 25.9. The fourth-order valence-electron chi connectivity index (χ4n) is 2.96. The van der Waals surface area contributed by atoms with E-state index >= 15 is 0 Å².